The van der Waals surface area contributed by atoms with Gasteiger partial charge >= 0.3 is 5.97 Å². The van der Waals surface area contributed by atoms with Gasteiger partial charge in [0.1, 0.15) is 11.8 Å². The third-order valence-corrected chi connectivity index (χ3v) is 3.21. The summed E-state index contributed by atoms with van der Waals surface area (Å²) in [4.78, 5) is 24.4. The number of aliphatic hydroxyl groups is 1. The van der Waals surface area contributed by atoms with Gasteiger partial charge in [0, 0.05) is 13.0 Å². The molecule has 3 N–H and O–H groups in total. The van der Waals surface area contributed by atoms with E-state index >= 15 is 0 Å². The number of aliphatic carboxylic acids is 1. The van der Waals surface area contributed by atoms with E-state index in [0.29, 0.717) is 0 Å². The average molecular weight is 265 g/mol. The first-order valence-corrected chi connectivity index (χ1v) is 5.91. The van der Waals surface area contributed by atoms with Crippen molar-refractivity contribution in [2.75, 3.05) is 6.54 Å². The number of phenols is 1. The summed E-state index contributed by atoms with van der Waals surface area (Å²) in [5, 5.41) is 28.3. The molecule has 1 aromatic rings. The lowest BCUT2D eigenvalue weighted by Crippen LogP contribution is -2.40. The maximum absolute atomic E-state index is 12.3. The number of phenolic OH excluding ortho intramolecular Hbond substituents is 1. The Morgan fingerprint density at radius 1 is 1.37 bits per heavy atom. The van der Waals surface area contributed by atoms with Crippen LogP contribution in [0.25, 0.3) is 0 Å². The second kappa shape index (κ2) is 4.89. The number of aryl methyl sites for hydroxylation is 1. The van der Waals surface area contributed by atoms with Crippen LogP contribution < -0.4 is 0 Å². The quantitative estimate of drug-likeness (QED) is 0.717. The number of β-amino-alcohol motifs (C(OH)–C–C–N with tert-alkyl or cyclic N) is 1. The second-order valence-electron chi connectivity index (χ2n) is 4.72. The number of aliphatic hydroxyl groups excluding tert-OH is 1. The van der Waals surface area contributed by atoms with E-state index in [9.17, 15) is 19.8 Å². The second-order valence-corrected chi connectivity index (χ2v) is 4.72. The van der Waals surface area contributed by atoms with Gasteiger partial charge < -0.3 is 20.2 Å². The van der Waals surface area contributed by atoms with Gasteiger partial charge in [0.2, 0.25) is 0 Å². The van der Waals surface area contributed by atoms with E-state index < -0.39 is 24.0 Å². The van der Waals surface area contributed by atoms with Crippen molar-refractivity contribution in [3.63, 3.8) is 0 Å². The van der Waals surface area contributed by atoms with Crippen molar-refractivity contribution in [1.29, 1.82) is 0 Å². The van der Waals surface area contributed by atoms with Crippen LogP contribution in [0.3, 0.4) is 0 Å². The molecular formula is C13H15NO5. The fraction of sp³-hybridized carbons (Fsp3) is 0.385. The monoisotopic (exact) mass is 265 g/mol. The molecule has 2 atom stereocenters. The lowest BCUT2D eigenvalue weighted by atomic mass is 10.1. The number of carbonyl (C=O) groups excluding carboxylic acids is 1. The molecule has 1 aliphatic rings. The molecule has 6 nitrogen and oxygen atoms in total. The number of carboxylic acids is 1. The summed E-state index contributed by atoms with van der Waals surface area (Å²) in [6.45, 7) is 1.73. The van der Waals surface area contributed by atoms with Crippen molar-refractivity contribution in [2.24, 2.45) is 0 Å². The first-order chi connectivity index (χ1) is 8.90. The van der Waals surface area contributed by atoms with Gasteiger partial charge in [-0.15, -0.1) is 0 Å². The number of nitrogens with zero attached hydrogens (tertiary/aromatic N) is 1. The predicted octanol–water partition coefficient (Wildman–Crippen LogP) is 0.361. The average Bonchev–Trinajstić information content (AvgIpc) is 2.74. The molecule has 19 heavy (non-hydrogen) atoms. The van der Waals surface area contributed by atoms with Gasteiger partial charge in [0.25, 0.3) is 5.91 Å². The van der Waals surface area contributed by atoms with Crippen LogP contribution in [0.4, 0.5) is 0 Å². The number of carboxylic acid groups (broad SMARTS) is 1. The molecule has 1 saturated heterocycles. The van der Waals surface area contributed by atoms with Crippen LogP contribution in [0.1, 0.15) is 22.3 Å². The summed E-state index contributed by atoms with van der Waals surface area (Å²) in [5.74, 6) is -1.93. The first-order valence-electron chi connectivity index (χ1n) is 5.91. The zero-order valence-electron chi connectivity index (χ0n) is 10.4. The highest BCUT2D eigenvalue weighted by molar-refractivity contribution is 5.99. The lowest BCUT2D eigenvalue weighted by molar-refractivity contribution is -0.141. The summed E-state index contributed by atoms with van der Waals surface area (Å²) < 4.78 is 0. The number of aromatic hydroxyl groups is 1. The van der Waals surface area contributed by atoms with Gasteiger partial charge in [-0.1, -0.05) is 11.6 Å². The summed E-state index contributed by atoms with van der Waals surface area (Å²) >= 11 is 0. The fourth-order valence-electron chi connectivity index (χ4n) is 2.25. The van der Waals surface area contributed by atoms with Gasteiger partial charge in [0.05, 0.1) is 11.7 Å². The van der Waals surface area contributed by atoms with Gasteiger partial charge in [-0.25, -0.2) is 4.79 Å². The molecule has 0 aromatic heterocycles. The molecule has 0 unspecified atom stereocenters. The molecule has 1 aliphatic heterocycles. The highest BCUT2D eigenvalue weighted by Crippen LogP contribution is 2.25. The molecule has 0 bridgehead atoms. The topological polar surface area (TPSA) is 98.1 Å². The number of likely N-dealkylation sites (tertiary alicyclic amines) is 1. The van der Waals surface area contributed by atoms with Crippen molar-refractivity contribution >= 4 is 11.9 Å². The third-order valence-electron chi connectivity index (χ3n) is 3.21. The molecule has 0 saturated carbocycles. The Morgan fingerprint density at radius 3 is 2.68 bits per heavy atom. The molecule has 1 amide bonds. The third kappa shape index (κ3) is 2.53. The smallest absolute Gasteiger partial charge is 0.326 e. The molecule has 1 fully saturated rings. The van der Waals surface area contributed by atoms with Gasteiger partial charge in [-0.3, -0.25) is 4.79 Å². The minimum atomic E-state index is -1.16. The van der Waals surface area contributed by atoms with Crippen LogP contribution in [-0.4, -0.2) is 50.8 Å². The molecular weight excluding hydrogens is 250 g/mol. The number of hydrogen-bond donors (Lipinski definition) is 3. The maximum atomic E-state index is 12.3. The van der Waals surface area contributed by atoms with E-state index in [1.807, 2.05) is 0 Å². The number of carbonyl (C=O) groups is 2. The van der Waals surface area contributed by atoms with Crippen molar-refractivity contribution in [1.82, 2.24) is 4.90 Å². The Labute approximate surface area is 109 Å². The largest absolute Gasteiger partial charge is 0.507 e. The molecule has 6 heteroatoms. The van der Waals surface area contributed by atoms with Crippen LogP contribution in [0.2, 0.25) is 0 Å². The summed E-state index contributed by atoms with van der Waals surface area (Å²) in [6, 6.07) is 3.49. The van der Waals surface area contributed by atoms with Gasteiger partial charge in [0.15, 0.2) is 0 Å². The Kier molecular flexibility index (Phi) is 3.44. The maximum Gasteiger partial charge on any atom is 0.326 e. The first kappa shape index (κ1) is 13.4. The van der Waals surface area contributed by atoms with E-state index in [2.05, 4.69) is 0 Å². The van der Waals surface area contributed by atoms with E-state index in [-0.39, 0.29) is 24.3 Å². The highest BCUT2D eigenvalue weighted by Gasteiger charge is 2.39. The van der Waals surface area contributed by atoms with E-state index in [1.165, 1.54) is 12.1 Å². The van der Waals surface area contributed by atoms with Gasteiger partial charge in [-0.2, -0.15) is 0 Å². The number of amides is 1. The van der Waals surface area contributed by atoms with Crippen molar-refractivity contribution in [3.8, 4) is 5.75 Å². The Bertz CT molecular complexity index is 528. The minimum Gasteiger partial charge on any atom is -0.507 e. The van der Waals surface area contributed by atoms with Crippen molar-refractivity contribution < 1.29 is 24.9 Å². The highest BCUT2D eigenvalue weighted by atomic mass is 16.4. The van der Waals surface area contributed by atoms with Crippen molar-refractivity contribution in [3.05, 3.63) is 29.3 Å². The Balaban J connectivity index is 2.33. The molecule has 0 aliphatic carbocycles. The van der Waals surface area contributed by atoms with E-state index in [4.69, 9.17) is 5.11 Å². The standard InChI is InChI=1S/C13H15NO5/c1-7-2-3-11(16)9(4-7)12(17)14-6-8(15)5-10(14)13(18)19/h2-4,8,10,15-16H,5-6H2,1H3,(H,18,19)/t8-,10+/m1/s1. The Hall–Kier alpha value is -2.08. The van der Waals surface area contributed by atoms with Crippen LogP contribution in [0, 0.1) is 6.92 Å². The van der Waals surface area contributed by atoms with E-state index in [1.54, 1.807) is 13.0 Å². The summed E-state index contributed by atoms with van der Waals surface area (Å²) in [7, 11) is 0. The van der Waals surface area contributed by atoms with E-state index in [0.717, 1.165) is 10.5 Å². The molecule has 1 aromatic carbocycles. The number of hydrogen-bond acceptors (Lipinski definition) is 4. The lowest BCUT2D eigenvalue weighted by Gasteiger charge is -2.21. The number of rotatable bonds is 2. The molecule has 0 spiro atoms. The molecule has 2 rings (SSSR count). The summed E-state index contributed by atoms with van der Waals surface area (Å²) in [6.07, 6.45) is -0.842. The zero-order valence-corrected chi connectivity index (χ0v) is 10.4. The van der Waals surface area contributed by atoms with Crippen LogP contribution in [0.5, 0.6) is 5.75 Å². The molecule has 1 heterocycles. The van der Waals surface area contributed by atoms with Crippen molar-refractivity contribution in [2.45, 2.75) is 25.5 Å². The molecule has 0 radical (unpaired) electrons. The number of benzene rings is 1. The minimum absolute atomic E-state index is 0.00759. The SMILES string of the molecule is Cc1ccc(O)c(C(=O)N2C[C@H](O)C[C@H]2C(=O)O)c1. The van der Waals surface area contributed by atoms with Crippen LogP contribution in [0.15, 0.2) is 18.2 Å². The fourth-order valence-corrected chi connectivity index (χ4v) is 2.25. The van der Waals surface area contributed by atoms with Gasteiger partial charge in [-0.05, 0) is 19.1 Å². The Morgan fingerprint density at radius 2 is 2.05 bits per heavy atom. The summed E-state index contributed by atoms with van der Waals surface area (Å²) in [5.41, 5.74) is 0.841. The predicted molar refractivity (Wildman–Crippen MR) is 65.9 cm³/mol. The zero-order chi connectivity index (χ0) is 14.2. The normalized spacial score (nSPS) is 22.5. The molecule has 102 valence electrons. The van der Waals surface area contributed by atoms with Crippen LogP contribution >= 0.6 is 0 Å². The van der Waals surface area contributed by atoms with Crippen LogP contribution in [-0.2, 0) is 4.79 Å².